The number of sulfone groups is 1. The first kappa shape index (κ1) is 14.2. The van der Waals surface area contributed by atoms with Gasteiger partial charge in [0, 0.05) is 11.8 Å². The van der Waals surface area contributed by atoms with E-state index in [1.165, 1.54) is 12.1 Å². The minimum atomic E-state index is -3.24. The van der Waals surface area contributed by atoms with Crippen LogP contribution >= 0.6 is 0 Å². The molecule has 1 heterocycles. The number of hydrogen-bond acceptors (Lipinski definition) is 6. The van der Waals surface area contributed by atoms with Crippen molar-refractivity contribution in [3.8, 4) is 11.4 Å². The van der Waals surface area contributed by atoms with Crippen LogP contribution in [0.2, 0.25) is 0 Å². The molecular formula is C12H13N3O4S. The summed E-state index contributed by atoms with van der Waals surface area (Å²) in [5, 5.41) is 6.37. The summed E-state index contributed by atoms with van der Waals surface area (Å²) in [7, 11) is -3.24. The zero-order valence-electron chi connectivity index (χ0n) is 11.0. The largest absolute Gasteiger partial charge is 0.460 e. The summed E-state index contributed by atoms with van der Waals surface area (Å²) in [6.45, 7) is 1.94. The van der Waals surface area contributed by atoms with Crippen molar-refractivity contribution in [2.45, 2.75) is 11.8 Å². The van der Waals surface area contributed by atoms with E-state index >= 15 is 0 Å². The fourth-order valence-corrected chi connectivity index (χ4v) is 2.16. The molecule has 2 aromatic rings. The number of carbonyl (C=O) groups is 1. The second-order valence-electron chi connectivity index (χ2n) is 4.02. The molecule has 0 spiro atoms. The minimum absolute atomic E-state index is 0.00837. The molecule has 106 valence electrons. The van der Waals surface area contributed by atoms with Crippen molar-refractivity contribution in [1.82, 2.24) is 15.2 Å². The Kier molecular flexibility index (Phi) is 3.84. The SMILES string of the molecule is CCOC(=O)c1nc(-c2ccc(S(C)(=O)=O)cc2)n[nH]1. The fourth-order valence-electron chi connectivity index (χ4n) is 1.53. The molecule has 0 saturated carbocycles. The summed E-state index contributed by atoms with van der Waals surface area (Å²) in [5.41, 5.74) is 0.601. The second kappa shape index (κ2) is 5.41. The molecule has 1 aromatic heterocycles. The number of ether oxygens (including phenoxy) is 1. The number of aromatic amines is 1. The van der Waals surface area contributed by atoms with E-state index < -0.39 is 15.8 Å². The van der Waals surface area contributed by atoms with E-state index in [4.69, 9.17) is 4.74 Å². The number of benzene rings is 1. The number of carbonyl (C=O) groups excluding carboxylic acids is 1. The molecule has 0 aliphatic carbocycles. The lowest BCUT2D eigenvalue weighted by Crippen LogP contribution is -2.06. The number of nitrogens with zero attached hydrogens (tertiary/aromatic N) is 2. The number of aromatic nitrogens is 3. The van der Waals surface area contributed by atoms with Crippen LogP contribution in [0.1, 0.15) is 17.5 Å². The van der Waals surface area contributed by atoms with Gasteiger partial charge in [-0.15, -0.1) is 0 Å². The summed E-state index contributed by atoms with van der Waals surface area (Å²) >= 11 is 0. The Labute approximate surface area is 115 Å². The molecule has 20 heavy (non-hydrogen) atoms. The normalized spacial score (nSPS) is 11.3. The van der Waals surface area contributed by atoms with Gasteiger partial charge in [0.25, 0.3) is 0 Å². The predicted molar refractivity (Wildman–Crippen MR) is 70.9 cm³/mol. The first-order valence-corrected chi connectivity index (χ1v) is 7.71. The minimum Gasteiger partial charge on any atom is -0.460 e. The fraction of sp³-hybridized carbons (Fsp3) is 0.250. The van der Waals surface area contributed by atoms with Crippen LogP contribution in [-0.4, -0.2) is 42.4 Å². The van der Waals surface area contributed by atoms with E-state index in [2.05, 4.69) is 15.2 Å². The molecule has 0 saturated heterocycles. The van der Waals surface area contributed by atoms with Gasteiger partial charge in [-0.25, -0.2) is 18.2 Å². The lowest BCUT2D eigenvalue weighted by atomic mass is 10.2. The number of esters is 1. The molecule has 0 unspecified atom stereocenters. The molecule has 0 amide bonds. The molecule has 2 rings (SSSR count). The molecule has 0 atom stereocenters. The van der Waals surface area contributed by atoms with Crippen LogP contribution in [0.3, 0.4) is 0 Å². The van der Waals surface area contributed by atoms with Crippen LogP contribution in [0.15, 0.2) is 29.2 Å². The Morgan fingerprint density at radius 2 is 1.95 bits per heavy atom. The average Bonchev–Trinajstić information content (AvgIpc) is 2.88. The third-order valence-electron chi connectivity index (χ3n) is 2.49. The Hall–Kier alpha value is -2.22. The lowest BCUT2D eigenvalue weighted by Gasteiger charge is -1.99. The smallest absolute Gasteiger partial charge is 0.375 e. The average molecular weight is 295 g/mol. The highest BCUT2D eigenvalue weighted by molar-refractivity contribution is 7.90. The standard InChI is InChI=1S/C12H13N3O4S/c1-3-19-12(16)11-13-10(14-15-11)8-4-6-9(7-5-8)20(2,17)18/h4-7H,3H2,1-2H3,(H,13,14,15). The maximum absolute atomic E-state index is 11.4. The summed E-state index contributed by atoms with van der Waals surface area (Å²) in [6.07, 6.45) is 1.13. The molecule has 1 aromatic carbocycles. The van der Waals surface area contributed by atoms with Gasteiger partial charge in [0.1, 0.15) is 0 Å². The van der Waals surface area contributed by atoms with Gasteiger partial charge >= 0.3 is 5.97 Å². The van der Waals surface area contributed by atoms with Crippen LogP contribution in [0.25, 0.3) is 11.4 Å². The van der Waals surface area contributed by atoms with E-state index in [0.29, 0.717) is 11.4 Å². The Bertz CT molecular complexity index is 719. The van der Waals surface area contributed by atoms with E-state index in [1.54, 1.807) is 19.1 Å². The van der Waals surface area contributed by atoms with Gasteiger partial charge in [0.05, 0.1) is 11.5 Å². The first-order chi connectivity index (χ1) is 9.41. The van der Waals surface area contributed by atoms with Crippen LogP contribution < -0.4 is 0 Å². The van der Waals surface area contributed by atoms with Gasteiger partial charge in [-0.1, -0.05) is 0 Å². The maximum atomic E-state index is 11.4. The lowest BCUT2D eigenvalue weighted by molar-refractivity contribution is 0.0512. The van der Waals surface area contributed by atoms with Crippen molar-refractivity contribution in [1.29, 1.82) is 0 Å². The Morgan fingerprint density at radius 1 is 1.30 bits per heavy atom. The van der Waals surface area contributed by atoms with Crippen LogP contribution in [0.4, 0.5) is 0 Å². The molecule has 0 fully saturated rings. The predicted octanol–water partition coefficient (Wildman–Crippen LogP) is 1.05. The van der Waals surface area contributed by atoms with Crippen molar-refractivity contribution in [2.24, 2.45) is 0 Å². The Morgan fingerprint density at radius 3 is 2.50 bits per heavy atom. The number of rotatable bonds is 4. The highest BCUT2D eigenvalue weighted by atomic mass is 32.2. The third kappa shape index (κ3) is 3.02. The second-order valence-corrected chi connectivity index (χ2v) is 6.04. The van der Waals surface area contributed by atoms with E-state index in [9.17, 15) is 13.2 Å². The summed E-state index contributed by atoms with van der Waals surface area (Å²) in [4.78, 5) is 15.7. The van der Waals surface area contributed by atoms with Crippen molar-refractivity contribution in [3.63, 3.8) is 0 Å². The monoisotopic (exact) mass is 295 g/mol. The molecule has 0 radical (unpaired) electrons. The van der Waals surface area contributed by atoms with Gasteiger partial charge in [0.15, 0.2) is 15.7 Å². The highest BCUT2D eigenvalue weighted by Crippen LogP contribution is 2.18. The quantitative estimate of drug-likeness (QED) is 0.846. The van der Waals surface area contributed by atoms with Gasteiger partial charge < -0.3 is 4.74 Å². The van der Waals surface area contributed by atoms with Crippen molar-refractivity contribution < 1.29 is 17.9 Å². The highest BCUT2D eigenvalue weighted by Gasteiger charge is 2.14. The summed E-state index contributed by atoms with van der Waals surface area (Å²) in [6, 6.07) is 6.08. The topological polar surface area (TPSA) is 102 Å². The number of H-pyrrole nitrogens is 1. The molecule has 0 aliphatic rings. The van der Waals surface area contributed by atoms with E-state index in [0.717, 1.165) is 6.26 Å². The van der Waals surface area contributed by atoms with E-state index in [-0.39, 0.29) is 17.3 Å². The molecule has 0 aliphatic heterocycles. The van der Waals surface area contributed by atoms with Crippen molar-refractivity contribution >= 4 is 15.8 Å². The van der Waals surface area contributed by atoms with Crippen LogP contribution in [-0.2, 0) is 14.6 Å². The number of nitrogens with one attached hydrogen (secondary N) is 1. The van der Waals surface area contributed by atoms with Crippen LogP contribution in [0.5, 0.6) is 0 Å². The summed E-state index contributed by atoms with van der Waals surface area (Å²) < 4.78 is 27.5. The van der Waals surface area contributed by atoms with Gasteiger partial charge in [-0.05, 0) is 31.2 Å². The molecule has 0 bridgehead atoms. The van der Waals surface area contributed by atoms with E-state index in [1.807, 2.05) is 0 Å². The molecule has 8 heteroatoms. The van der Waals surface area contributed by atoms with Gasteiger partial charge in [-0.3, -0.25) is 5.10 Å². The van der Waals surface area contributed by atoms with Gasteiger partial charge in [0.2, 0.25) is 5.82 Å². The first-order valence-electron chi connectivity index (χ1n) is 5.82. The van der Waals surface area contributed by atoms with Crippen molar-refractivity contribution in [3.05, 3.63) is 30.1 Å². The summed E-state index contributed by atoms with van der Waals surface area (Å²) in [5.74, 6) is -0.277. The zero-order valence-corrected chi connectivity index (χ0v) is 11.8. The van der Waals surface area contributed by atoms with Gasteiger partial charge in [-0.2, -0.15) is 5.10 Å². The third-order valence-corrected chi connectivity index (χ3v) is 3.62. The molecular weight excluding hydrogens is 282 g/mol. The van der Waals surface area contributed by atoms with Crippen LogP contribution in [0, 0.1) is 0 Å². The molecule has 1 N–H and O–H groups in total. The zero-order chi connectivity index (χ0) is 14.8. The number of hydrogen-bond donors (Lipinski definition) is 1. The maximum Gasteiger partial charge on any atom is 0.375 e. The van der Waals surface area contributed by atoms with Crippen molar-refractivity contribution in [2.75, 3.05) is 12.9 Å². The Balaban J connectivity index is 2.27. The molecule has 7 nitrogen and oxygen atoms in total.